The van der Waals surface area contributed by atoms with Gasteiger partial charge < -0.3 is 15.5 Å². The van der Waals surface area contributed by atoms with Crippen molar-refractivity contribution >= 4 is 11.9 Å². The molecule has 0 aromatic rings. The van der Waals surface area contributed by atoms with Crippen LogP contribution in [0, 0.1) is 0 Å². The first-order chi connectivity index (χ1) is 6.56. The van der Waals surface area contributed by atoms with Gasteiger partial charge in [-0.3, -0.25) is 0 Å². The number of allylic oxidation sites excluding steroid dienone is 1. The Labute approximate surface area is 78.5 Å². The van der Waals surface area contributed by atoms with Gasteiger partial charge in [0.2, 0.25) is 0 Å². The highest BCUT2D eigenvalue weighted by molar-refractivity contribution is 5.96. The summed E-state index contributed by atoms with van der Waals surface area (Å²) < 4.78 is 12.3. The van der Waals surface area contributed by atoms with Gasteiger partial charge in [-0.15, -0.1) is 0 Å². The van der Waals surface area contributed by atoms with Crippen LogP contribution in [0.1, 0.15) is 0 Å². The second-order valence-corrected chi connectivity index (χ2v) is 2.66. The number of rotatable bonds is 3. The SMILES string of the molecule is O=C(O)C1=CC(C(=O)O)=C(CF)NC1. The summed E-state index contributed by atoms with van der Waals surface area (Å²) in [4.78, 5) is 21.1. The molecule has 6 heteroatoms. The van der Waals surface area contributed by atoms with E-state index < -0.39 is 18.6 Å². The van der Waals surface area contributed by atoms with Crippen molar-refractivity contribution in [2.45, 2.75) is 0 Å². The highest BCUT2D eigenvalue weighted by Gasteiger charge is 2.20. The number of nitrogens with one attached hydrogen (secondary N) is 1. The van der Waals surface area contributed by atoms with Gasteiger partial charge in [-0.2, -0.15) is 0 Å². The molecule has 0 aliphatic carbocycles. The van der Waals surface area contributed by atoms with Crippen LogP contribution < -0.4 is 5.32 Å². The van der Waals surface area contributed by atoms with Gasteiger partial charge in [0.25, 0.3) is 0 Å². The molecule has 0 bridgehead atoms. The van der Waals surface area contributed by atoms with Crippen LogP contribution in [0.25, 0.3) is 0 Å². The van der Waals surface area contributed by atoms with Crippen molar-refractivity contribution in [3.05, 3.63) is 22.9 Å². The van der Waals surface area contributed by atoms with Crippen molar-refractivity contribution in [2.24, 2.45) is 0 Å². The van der Waals surface area contributed by atoms with Gasteiger partial charge in [-0.25, -0.2) is 14.0 Å². The van der Waals surface area contributed by atoms with Crippen LogP contribution in [-0.2, 0) is 9.59 Å². The number of carboxylic acid groups (broad SMARTS) is 2. The summed E-state index contributed by atoms with van der Waals surface area (Å²) >= 11 is 0. The minimum absolute atomic E-state index is 0.0641. The number of dihydropyridines is 1. The molecule has 1 heterocycles. The molecular formula is C8H8FNO4. The van der Waals surface area contributed by atoms with E-state index in [1.54, 1.807) is 0 Å². The average molecular weight is 201 g/mol. The van der Waals surface area contributed by atoms with Crippen LogP contribution in [-0.4, -0.2) is 35.4 Å². The van der Waals surface area contributed by atoms with Gasteiger partial charge in [0.05, 0.1) is 16.8 Å². The quantitative estimate of drug-likeness (QED) is 0.594. The van der Waals surface area contributed by atoms with Crippen molar-refractivity contribution in [3.8, 4) is 0 Å². The Kier molecular flexibility index (Phi) is 2.85. The molecule has 0 fully saturated rings. The molecule has 0 unspecified atom stereocenters. The summed E-state index contributed by atoms with van der Waals surface area (Å²) in [6.45, 7) is -1.02. The maximum Gasteiger partial charge on any atom is 0.337 e. The summed E-state index contributed by atoms with van der Waals surface area (Å²) in [5.74, 6) is -2.56. The third-order valence-corrected chi connectivity index (χ3v) is 1.77. The molecule has 0 atom stereocenters. The van der Waals surface area contributed by atoms with E-state index in [1.807, 2.05) is 0 Å². The minimum Gasteiger partial charge on any atom is -0.478 e. The molecule has 0 aromatic heterocycles. The number of halogens is 1. The van der Waals surface area contributed by atoms with E-state index in [4.69, 9.17) is 10.2 Å². The normalized spacial score (nSPS) is 15.9. The zero-order chi connectivity index (χ0) is 10.7. The highest BCUT2D eigenvalue weighted by Crippen LogP contribution is 2.13. The van der Waals surface area contributed by atoms with Gasteiger partial charge in [-0.05, 0) is 6.08 Å². The lowest BCUT2D eigenvalue weighted by atomic mass is 10.1. The summed E-state index contributed by atoms with van der Waals surface area (Å²) in [6, 6.07) is 0. The largest absolute Gasteiger partial charge is 0.478 e. The monoisotopic (exact) mass is 201 g/mol. The molecule has 1 aliphatic rings. The van der Waals surface area contributed by atoms with E-state index in [0.29, 0.717) is 0 Å². The van der Waals surface area contributed by atoms with Crippen molar-refractivity contribution in [2.75, 3.05) is 13.2 Å². The molecule has 1 rings (SSSR count). The maximum absolute atomic E-state index is 12.3. The number of alkyl halides is 1. The molecule has 5 nitrogen and oxygen atoms in total. The first-order valence-electron chi connectivity index (χ1n) is 3.76. The zero-order valence-corrected chi connectivity index (χ0v) is 7.08. The van der Waals surface area contributed by atoms with Crippen LogP contribution in [0.3, 0.4) is 0 Å². The molecule has 14 heavy (non-hydrogen) atoms. The van der Waals surface area contributed by atoms with Crippen molar-refractivity contribution in [1.29, 1.82) is 0 Å². The third kappa shape index (κ3) is 1.90. The Hall–Kier alpha value is -1.85. The number of hydrogen-bond donors (Lipinski definition) is 3. The van der Waals surface area contributed by atoms with Crippen LogP contribution in [0.15, 0.2) is 22.9 Å². The van der Waals surface area contributed by atoms with Gasteiger partial charge in [-0.1, -0.05) is 0 Å². The Morgan fingerprint density at radius 2 is 2.07 bits per heavy atom. The fourth-order valence-corrected chi connectivity index (χ4v) is 1.06. The molecule has 0 radical (unpaired) electrons. The Balaban J connectivity index is 3.08. The molecule has 0 saturated heterocycles. The molecule has 0 spiro atoms. The highest BCUT2D eigenvalue weighted by atomic mass is 19.1. The van der Waals surface area contributed by atoms with Crippen LogP contribution >= 0.6 is 0 Å². The second-order valence-electron chi connectivity index (χ2n) is 2.66. The summed E-state index contributed by atoms with van der Waals surface area (Å²) in [5, 5.41) is 19.6. The van der Waals surface area contributed by atoms with Crippen LogP contribution in [0.5, 0.6) is 0 Å². The third-order valence-electron chi connectivity index (χ3n) is 1.77. The molecule has 1 aliphatic heterocycles. The molecular weight excluding hydrogens is 193 g/mol. The van der Waals surface area contributed by atoms with Gasteiger partial charge in [0, 0.05) is 6.54 Å². The Morgan fingerprint density at radius 3 is 2.50 bits per heavy atom. The first kappa shape index (κ1) is 10.2. The van der Waals surface area contributed by atoms with E-state index >= 15 is 0 Å². The lowest BCUT2D eigenvalue weighted by Gasteiger charge is -2.15. The fourth-order valence-electron chi connectivity index (χ4n) is 1.06. The Bertz CT molecular complexity index is 345. The zero-order valence-electron chi connectivity index (χ0n) is 7.08. The standard InChI is InChI=1S/C8H8FNO4/c9-2-6-5(8(13)14)1-4(3-10-6)7(11)12/h1,10H,2-3H2,(H,11,12)(H,13,14). The smallest absolute Gasteiger partial charge is 0.337 e. The van der Waals surface area contributed by atoms with E-state index in [2.05, 4.69) is 5.32 Å². The minimum atomic E-state index is -1.34. The molecule has 3 N–H and O–H groups in total. The Morgan fingerprint density at radius 1 is 1.43 bits per heavy atom. The number of carboxylic acids is 2. The molecule has 0 aromatic carbocycles. The van der Waals surface area contributed by atoms with Crippen molar-refractivity contribution in [3.63, 3.8) is 0 Å². The molecule has 76 valence electrons. The van der Waals surface area contributed by atoms with Gasteiger partial charge >= 0.3 is 11.9 Å². The lowest BCUT2D eigenvalue weighted by molar-refractivity contribution is -0.132. The maximum atomic E-state index is 12.3. The van der Waals surface area contributed by atoms with Gasteiger partial charge in [0.15, 0.2) is 0 Å². The lowest BCUT2D eigenvalue weighted by Crippen LogP contribution is -2.28. The van der Waals surface area contributed by atoms with Crippen molar-refractivity contribution in [1.82, 2.24) is 5.32 Å². The average Bonchev–Trinajstić information content (AvgIpc) is 2.16. The summed E-state index contributed by atoms with van der Waals surface area (Å²) in [5.41, 5.74) is -0.529. The molecule has 0 saturated carbocycles. The molecule has 0 amide bonds. The van der Waals surface area contributed by atoms with E-state index in [1.165, 1.54) is 0 Å². The predicted octanol–water partition coefficient (Wildman–Crippen LogP) is -0.0912. The summed E-state index contributed by atoms with van der Waals surface area (Å²) in [6.07, 6.45) is 0.968. The fraction of sp³-hybridized carbons (Fsp3) is 0.250. The van der Waals surface area contributed by atoms with E-state index in [-0.39, 0.29) is 23.4 Å². The second kappa shape index (κ2) is 3.91. The number of hydrogen-bond acceptors (Lipinski definition) is 3. The van der Waals surface area contributed by atoms with Crippen LogP contribution in [0.4, 0.5) is 4.39 Å². The summed E-state index contributed by atoms with van der Waals surface area (Å²) in [7, 11) is 0. The first-order valence-corrected chi connectivity index (χ1v) is 3.76. The van der Waals surface area contributed by atoms with Gasteiger partial charge in [0.1, 0.15) is 6.67 Å². The van der Waals surface area contributed by atoms with E-state index in [0.717, 1.165) is 6.08 Å². The topological polar surface area (TPSA) is 86.6 Å². The number of aliphatic carboxylic acids is 2. The predicted molar refractivity (Wildman–Crippen MR) is 44.4 cm³/mol. The van der Waals surface area contributed by atoms with E-state index in [9.17, 15) is 14.0 Å². The van der Waals surface area contributed by atoms with Crippen molar-refractivity contribution < 1.29 is 24.2 Å². The number of carbonyl (C=O) groups is 2. The van der Waals surface area contributed by atoms with Crippen LogP contribution in [0.2, 0.25) is 0 Å².